The molecule has 1 aromatic heterocycles. The van der Waals surface area contributed by atoms with Crippen molar-refractivity contribution in [2.45, 2.75) is 13.5 Å². The Labute approximate surface area is 140 Å². The van der Waals surface area contributed by atoms with Crippen LogP contribution < -0.4 is 15.8 Å². The summed E-state index contributed by atoms with van der Waals surface area (Å²) in [5.41, 5.74) is 2.64. The molecule has 1 fully saturated rings. The first kappa shape index (κ1) is 16.3. The zero-order valence-corrected chi connectivity index (χ0v) is 13.7. The molecule has 1 aliphatic heterocycles. The number of aromatic amines is 1. The van der Waals surface area contributed by atoms with Crippen molar-refractivity contribution in [3.05, 3.63) is 63.6 Å². The minimum atomic E-state index is -0.367. The Balaban J connectivity index is 1.60. The van der Waals surface area contributed by atoms with Crippen molar-refractivity contribution in [2.24, 2.45) is 0 Å². The maximum atomic E-state index is 12.1. The summed E-state index contributed by atoms with van der Waals surface area (Å²) in [4.78, 5) is 28.8. The van der Waals surface area contributed by atoms with Crippen LogP contribution in [0.15, 0.2) is 41.2 Å². The highest BCUT2D eigenvalue weighted by molar-refractivity contribution is 5.93. The van der Waals surface area contributed by atoms with E-state index < -0.39 is 0 Å². The van der Waals surface area contributed by atoms with Gasteiger partial charge in [0.25, 0.3) is 11.5 Å². The van der Waals surface area contributed by atoms with Gasteiger partial charge in [0.1, 0.15) is 5.56 Å². The van der Waals surface area contributed by atoms with Gasteiger partial charge in [-0.3, -0.25) is 9.59 Å². The number of ether oxygens (including phenoxy) is 1. The van der Waals surface area contributed by atoms with E-state index in [9.17, 15) is 9.59 Å². The lowest BCUT2D eigenvalue weighted by atomic mass is 10.1. The van der Waals surface area contributed by atoms with Crippen LogP contribution >= 0.6 is 0 Å². The van der Waals surface area contributed by atoms with E-state index in [2.05, 4.69) is 15.2 Å². The van der Waals surface area contributed by atoms with Crippen LogP contribution in [0.1, 0.15) is 21.6 Å². The molecule has 6 heteroatoms. The quantitative estimate of drug-likeness (QED) is 0.891. The number of pyridine rings is 1. The van der Waals surface area contributed by atoms with Crippen LogP contribution in [-0.2, 0) is 11.3 Å². The number of aryl methyl sites for hydroxylation is 1. The van der Waals surface area contributed by atoms with E-state index in [0.29, 0.717) is 6.54 Å². The van der Waals surface area contributed by atoms with E-state index in [1.54, 1.807) is 19.1 Å². The molecule has 1 amide bonds. The predicted molar refractivity (Wildman–Crippen MR) is 92.4 cm³/mol. The summed E-state index contributed by atoms with van der Waals surface area (Å²) in [5.74, 6) is -0.367. The number of morpholine rings is 1. The Bertz CT molecular complexity index is 762. The Morgan fingerprint density at radius 1 is 1.17 bits per heavy atom. The summed E-state index contributed by atoms with van der Waals surface area (Å²) in [6.07, 6.45) is 0. The van der Waals surface area contributed by atoms with Crippen LogP contribution in [0.5, 0.6) is 0 Å². The van der Waals surface area contributed by atoms with Gasteiger partial charge >= 0.3 is 0 Å². The van der Waals surface area contributed by atoms with Crippen molar-refractivity contribution in [3.63, 3.8) is 0 Å². The lowest BCUT2D eigenvalue weighted by molar-refractivity contribution is 0.0949. The molecule has 2 aromatic rings. The number of nitrogens with one attached hydrogen (secondary N) is 2. The molecule has 2 N–H and O–H groups in total. The summed E-state index contributed by atoms with van der Waals surface area (Å²) in [7, 11) is 0. The number of anilines is 1. The Kier molecular flexibility index (Phi) is 4.96. The van der Waals surface area contributed by atoms with Gasteiger partial charge in [-0.05, 0) is 36.8 Å². The molecule has 0 spiro atoms. The van der Waals surface area contributed by atoms with E-state index in [1.807, 2.05) is 24.3 Å². The topological polar surface area (TPSA) is 74.4 Å². The third kappa shape index (κ3) is 3.83. The van der Waals surface area contributed by atoms with Crippen molar-refractivity contribution < 1.29 is 9.53 Å². The summed E-state index contributed by atoms with van der Waals surface area (Å²) in [6, 6.07) is 11.3. The SMILES string of the molecule is Cc1ccc(C(=O)NCc2ccc(N3CCOCC3)cc2)c(=O)[nH]1. The molecule has 0 radical (unpaired) electrons. The van der Waals surface area contributed by atoms with Gasteiger partial charge in [0.2, 0.25) is 0 Å². The van der Waals surface area contributed by atoms with Gasteiger partial charge in [-0.25, -0.2) is 0 Å². The molecule has 0 aliphatic carbocycles. The fourth-order valence-electron chi connectivity index (χ4n) is 2.67. The zero-order valence-electron chi connectivity index (χ0n) is 13.7. The second kappa shape index (κ2) is 7.31. The third-order valence-electron chi connectivity index (χ3n) is 4.07. The molecular formula is C18H21N3O3. The van der Waals surface area contributed by atoms with E-state index >= 15 is 0 Å². The summed E-state index contributed by atoms with van der Waals surface area (Å²) in [6.45, 7) is 5.46. The molecule has 126 valence electrons. The summed E-state index contributed by atoms with van der Waals surface area (Å²) in [5, 5.41) is 2.78. The Hall–Kier alpha value is -2.60. The lowest BCUT2D eigenvalue weighted by Gasteiger charge is -2.28. The highest BCUT2D eigenvalue weighted by Crippen LogP contribution is 2.16. The van der Waals surface area contributed by atoms with E-state index in [1.165, 1.54) is 0 Å². The van der Waals surface area contributed by atoms with Gasteiger partial charge in [-0.1, -0.05) is 12.1 Å². The van der Waals surface area contributed by atoms with Gasteiger partial charge in [0.15, 0.2) is 0 Å². The highest BCUT2D eigenvalue weighted by Gasteiger charge is 2.12. The van der Waals surface area contributed by atoms with Crippen LogP contribution in [0.3, 0.4) is 0 Å². The molecule has 0 atom stereocenters. The molecule has 1 saturated heterocycles. The molecule has 1 aliphatic rings. The first-order valence-corrected chi connectivity index (χ1v) is 8.03. The fourth-order valence-corrected chi connectivity index (χ4v) is 2.67. The van der Waals surface area contributed by atoms with Gasteiger partial charge in [0, 0.05) is 31.0 Å². The van der Waals surface area contributed by atoms with Crippen LogP contribution in [0.2, 0.25) is 0 Å². The molecule has 0 unspecified atom stereocenters. The molecule has 0 bridgehead atoms. The Morgan fingerprint density at radius 3 is 2.54 bits per heavy atom. The average Bonchev–Trinajstić information content (AvgIpc) is 2.61. The molecular weight excluding hydrogens is 306 g/mol. The number of rotatable bonds is 4. The molecule has 2 heterocycles. The fraction of sp³-hybridized carbons (Fsp3) is 0.333. The number of H-pyrrole nitrogens is 1. The number of hydrogen-bond donors (Lipinski definition) is 2. The standard InChI is InChI=1S/C18H21N3O3/c1-13-2-7-16(18(23)20-13)17(22)19-12-14-3-5-15(6-4-14)21-8-10-24-11-9-21/h2-7H,8-12H2,1H3,(H,19,22)(H,20,23). The van der Waals surface area contributed by atoms with Crippen LogP contribution in [0.4, 0.5) is 5.69 Å². The minimum absolute atomic E-state index is 0.130. The Morgan fingerprint density at radius 2 is 1.88 bits per heavy atom. The van der Waals surface area contributed by atoms with E-state index in [-0.39, 0.29) is 17.0 Å². The molecule has 1 aromatic carbocycles. The largest absolute Gasteiger partial charge is 0.378 e. The van der Waals surface area contributed by atoms with E-state index in [0.717, 1.165) is 43.2 Å². The van der Waals surface area contributed by atoms with Crippen LogP contribution in [0, 0.1) is 6.92 Å². The predicted octanol–water partition coefficient (Wildman–Crippen LogP) is 1.45. The molecule has 0 saturated carbocycles. The van der Waals surface area contributed by atoms with Gasteiger partial charge in [-0.2, -0.15) is 0 Å². The number of hydrogen-bond acceptors (Lipinski definition) is 4. The number of aromatic nitrogens is 1. The second-order valence-corrected chi connectivity index (χ2v) is 5.83. The van der Waals surface area contributed by atoms with Crippen molar-refractivity contribution in [1.29, 1.82) is 0 Å². The number of nitrogens with zero attached hydrogens (tertiary/aromatic N) is 1. The normalized spacial score (nSPS) is 14.5. The zero-order chi connectivity index (χ0) is 16.9. The third-order valence-corrected chi connectivity index (χ3v) is 4.07. The van der Waals surface area contributed by atoms with Gasteiger partial charge in [-0.15, -0.1) is 0 Å². The number of amides is 1. The van der Waals surface area contributed by atoms with Gasteiger partial charge in [0.05, 0.1) is 13.2 Å². The van der Waals surface area contributed by atoms with Gasteiger partial charge < -0.3 is 19.9 Å². The van der Waals surface area contributed by atoms with Crippen molar-refractivity contribution in [1.82, 2.24) is 10.3 Å². The van der Waals surface area contributed by atoms with Crippen molar-refractivity contribution >= 4 is 11.6 Å². The maximum Gasteiger partial charge on any atom is 0.260 e. The van der Waals surface area contributed by atoms with Crippen molar-refractivity contribution in [3.8, 4) is 0 Å². The van der Waals surface area contributed by atoms with Crippen LogP contribution in [0.25, 0.3) is 0 Å². The molecule has 3 rings (SSSR count). The smallest absolute Gasteiger partial charge is 0.260 e. The maximum absolute atomic E-state index is 12.1. The average molecular weight is 327 g/mol. The second-order valence-electron chi connectivity index (χ2n) is 5.83. The lowest BCUT2D eigenvalue weighted by Crippen LogP contribution is -2.36. The molecule has 6 nitrogen and oxygen atoms in total. The van der Waals surface area contributed by atoms with Crippen molar-refractivity contribution in [2.75, 3.05) is 31.2 Å². The first-order valence-electron chi connectivity index (χ1n) is 8.03. The van der Waals surface area contributed by atoms with E-state index in [4.69, 9.17) is 4.74 Å². The number of benzene rings is 1. The highest BCUT2D eigenvalue weighted by atomic mass is 16.5. The number of carbonyl (C=O) groups is 1. The minimum Gasteiger partial charge on any atom is -0.378 e. The summed E-state index contributed by atoms with van der Waals surface area (Å²) >= 11 is 0. The first-order chi connectivity index (χ1) is 11.6. The van der Waals surface area contributed by atoms with Crippen LogP contribution in [-0.4, -0.2) is 37.2 Å². The molecule has 24 heavy (non-hydrogen) atoms. The monoisotopic (exact) mass is 327 g/mol. The summed E-state index contributed by atoms with van der Waals surface area (Å²) < 4.78 is 5.35. The number of carbonyl (C=O) groups excluding carboxylic acids is 1.